The van der Waals surface area contributed by atoms with Crippen LogP contribution < -0.4 is 0 Å². The first-order valence-corrected chi connectivity index (χ1v) is 14.7. The normalized spacial score (nSPS) is 17.6. The quantitative estimate of drug-likeness (QED) is 0.275. The second-order valence-corrected chi connectivity index (χ2v) is 11.6. The van der Waals surface area contributed by atoms with E-state index in [0.29, 0.717) is 32.5 Å². The molecule has 1 aromatic heterocycles. The van der Waals surface area contributed by atoms with Crippen LogP contribution in [-0.4, -0.2) is 67.8 Å². The molecule has 1 atom stereocenters. The standard InChI is InChI=1S/C30H37N5O2S/c1-22-11-15-26(16-12-22)35-27(20-24-8-4-3-5-9-24)31-32-30(35)38-19-7-6-10-28(36)33-17-18-34(23(2)21-33)29(37)25-13-14-25/h3-5,8-9,11-12,15-16,23,25H,6-7,10,13-14,17-21H2,1-2H3. The van der Waals surface area contributed by atoms with Gasteiger partial charge in [0.15, 0.2) is 5.16 Å². The topological polar surface area (TPSA) is 71.3 Å². The molecule has 1 aliphatic carbocycles. The molecule has 1 saturated carbocycles. The minimum Gasteiger partial charge on any atom is -0.339 e. The average Bonchev–Trinajstić information content (AvgIpc) is 3.71. The Hall–Kier alpha value is -3.13. The van der Waals surface area contributed by atoms with Crippen LogP contribution >= 0.6 is 11.8 Å². The largest absolute Gasteiger partial charge is 0.339 e. The second kappa shape index (κ2) is 12.2. The molecule has 0 N–H and O–H groups in total. The summed E-state index contributed by atoms with van der Waals surface area (Å²) in [5.41, 5.74) is 3.49. The van der Waals surface area contributed by atoms with Crippen molar-refractivity contribution < 1.29 is 9.59 Å². The van der Waals surface area contributed by atoms with Gasteiger partial charge in [0, 0.05) is 55.9 Å². The molecule has 3 aromatic rings. The first-order chi connectivity index (χ1) is 18.5. The average molecular weight is 532 g/mol. The van der Waals surface area contributed by atoms with Crippen molar-refractivity contribution in [2.45, 2.75) is 63.6 Å². The summed E-state index contributed by atoms with van der Waals surface area (Å²) in [5.74, 6) is 2.53. The van der Waals surface area contributed by atoms with Gasteiger partial charge in [0.05, 0.1) is 0 Å². The van der Waals surface area contributed by atoms with Crippen LogP contribution in [0.4, 0.5) is 0 Å². The van der Waals surface area contributed by atoms with Gasteiger partial charge >= 0.3 is 0 Å². The summed E-state index contributed by atoms with van der Waals surface area (Å²) in [6.45, 7) is 6.12. The summed E-state index contributed by atoms with van der Waals surface area (Å²) in [6.07, 6.45) is 5.09. The number of hydrogen-bond donors (Lipinski definition) is 0. The number of thioether (sulfide) groups is 1. The molecule has 200 valence electrons. The van der Waals surface area contributed by atoms with E-state index in [-0.39, 0.29) is 23.8 Å². The Kier molecular flexibility index (Phi) is 8.47. The van der Waals surface area contributed by atoms with E-state index in [9.17, 15) is 9.59 Å². The van der Waals surface area contributed by atoms with Gasteiger partial charge in [-0.2, -0.15) is 0 Å². The zero-order valence-corrected chi connectivity index (χ0v) is 23.2. The number of hydrogen-bond acceptors (Lipinski definition) is 5. The molecule has 5 rings (SSSR count). The maximum atomic E-state index is 12.8. The Morgan fingerprint density at radius 1 is 0.974 bits per heavy atom. The molecule has 0 spiro atoms. The highest BCUT2D eigenvalue weighted by atomic mass is 32.2. The number of nitrogens with zero attached hydrogens (tertiary/aromatic N) is 5. The molecule has 7 nitrogen and oxygen atoms in total. The number of benzene rings is 2. The Labute approximate surface area is 229 Å². The lowest BCUT2D eigenvalue weighted by Gasteiger charge is -2.40. The molecular weight excluding hydrogens is 494 g/mol. The van der Waals surface area contributed by atoms with Gasteiger partial charge in [0.2, 0.25) is 11.8 Å². The minimum atomic E-state index is 0.106. The molecule has 38 heavy (non-hydrogen) atoms. The number of carbonyl (C=O) groups is 2. The molecule has 2 fully saturated rings. The van der Waals surface area contributed by atoms with Crippen molar-refractivity contribution in [1.82, 2.24) is 24.6 Å². The van der Waals surface area contributed by atoms with Crippen LogP contribution in [0.1, 0.15) is 56.0 Å². The van der Waals surface area contributed by atoms with Gasteiger partial charge in [-0.05, 0) is 57.2 Å². The van der Waals surface area contributed by atoms with Crippen molar-refractivity contribution in [2.75, 3.05) is 25.4 Å². The Balaban J connectivity index is 1.13. The van der Waals surface area contributed by atoms with Crippen molar-refractivity contribution in [1.29, 1.82) is 0 Å². The summed E-state index contributed by atoms with van der Waals surface area (Å²) in [6, 6.07) is 18.9. The van der Waals surface area contributed by atoms with E-state index in [1.165, 1.54) is 11.1 Å². The number of aromatic nitrogens is 3. The van der Waals surface area contributed by atoms with Crippen LogP contribution in [-0.2, 0) is 16.0 Å². The minimum absolute atomic E-state index is 0.106. The highest BCUT2D eigenvalue weighted by Gasteiger charge is 2.37. The SMILES string of the molecule is Cc1ccc(-n2c(Cc3ccccc3)nnc2SCCCCC(=O)N2CCN(C(=O)C3CC3)C(C)C2)cc1. The molecule has 2 heterocycles. The van der Waals surface area contributed by atoms with Gasteiger partial charge in [-0.1, -0.05) is 59.8 Å². The summed E-state index contributed by atoms with van der Waals surface area (Å²) in [5, 5.41) is 9.96. The maximum Gasteiger partial charge on any atom is 0.226 e. The lowest BCUT2D eigenvalue weighted by Crippen LogP contribution is -2.55. The fourth-order valence-electron chi connectivity index (χ4n) is 5.02. The number of unbranched alkanes of at least 4 members (excludes halogenated alkanes) is 1. The van der Waals surface area contributed by atoms with Crippen molar-refractivity contribution in [2.24, 2.45) is 5.92 Å². The van der Waals surface area contributed by atoms with Crippen LogP contribution in [0.2, 0.25) is 0 Å². The zero-order valence-electron chi connectivity index (χ0n) is 22.4. The van der Waals surface area contributed by atoms with Crippen LogP contribution in [0.3, 0.4) is 0 Å². The van der Waals surface area contributed by atoms with Gasteiger partial charge in [-0.15, -0.1) is 10.2 Å². The smallest absolute Gasteiger partial charge is 0.226 e. The van der Waals surface area contributed by atoms with Gasteiger partial charge in [-0.3, -0.25) is 14.2 Å². The third kappa shape index (κ3) is 6.46. The van der Waals surface area contributed by atoms with E-state index in [0.717, 1.165) is 48.1 Å². The molecule has 0 bridgehead atoms. The predicted octanol–water partition coefficient (Wildman–Crippen LogP) is 4.90. The van der Waals surface area contributed by atoms with Gasteiger partial charge in [-0.25, -0.2) is 0 Å². The predicted molar refractivity (Wildman–Crippen MR) is 150 cm³/mol. The lowest BCUT2D eigenvalue weighted by molar-refractivity contribution is -0.143. The molecule has 8 heteroatoms. The maximum absolute atomic E-state index is 12.8. The number of aryl methyl sites for hydroxylation is 1. The first kappa shape index (κ1) is 26.5. The molecule has 1 aliphatic heterocycles. The number of amides is 2. The van der Waals surface area contributed by atoms with Crippen molar-refractivity contribution in [3.8, 4) is 5.69 Å². The van der Waals surface area contributed by atoms with Crippen LogP contribution in [0, 0.1) is 12.8 Å². The first-order valence-electron chi connectivity index (χ1n) is 13.8. The molecule has 2 aromatic carbocycles. The van der Waals surface area contributed by atoms with Crippen molar-refractivity contribution >= 4 is 23.6 Å². The number of carbonyl (C=O) groups excluding carboxylic acids is 2. The molecule has 2 amide bonds. The summed E-state index contributed by atoms with van der Waals surface area (Å²) in [7, 11) is 0. The Morgan fingerprint density at radius 3 is 2.45 bits per heavy atom. The van der Waals surface area contributed by atoms with E-state index < -0.39 is 0 Å². The van der Waals surface area contributed by atoms with Crippen LogP contribution in [0.25, 0.3) is 5.69 Å². The van der Waals surface area contributed by atoms with E-state index in [1.807, 2.05) is 28.0 Å². The molecule has 1 unspecified atom stereocenters. The van der Waals surface area contributed by atoms with E-state index >= 15 is 0 Å². The number of piperazine rings is 1. The van der Waals surface area contributed by atoms with Crippen LogP contribution in [0.5, 0.6) is 0 Å². The van der Waals surface area contributed by atoms with E-state index in [2.05, 4.69) is 65.0 Å². The monoisotopic (exact) mass is 531 g/mol. The van der Waals surface area contributed by atoms with Gasteiger partial charge in [0.1, 0.15) is 5.82 Å². The van der Waals surface area contributed by atoms with Crippen molar-refractivity contribution in [3.05, 3.63) is 71.5 Å². The second-order valence-electron chi connectivity index (χ2n) is 10.5. The van der Waals surface area contributed by atoms with Crippen molar-refractivity contribution in [3.63, 3.8) is 0 Å². The highest BCUT2D eigenvalue weighted by molar-refractivity contribution is 7.99. The van der Waals surface area contributed by atoms with E-state index in [1.54, 1.807) is 11.8 Å². The van der Waals surface area contributed by atoms with Crippen LogP contribution in [0.15, 0.2) is 59.8 Å². The third-order valence-corrected chi connectivity index (χ3v) is 8.42. The van der Waals surface area contributed by atoms with Gasteiger partial charge < -0.3 is 9.80 Å². The summed E-state index contributed by atoms with van der Waals surface area (Å²) < 4.78 is 2.16. The fourth-order valence-corrected chi connectivity index (χ4v) is 5.99. The Morgan fingerprint density at radius 2 is 1.74 bits per heavy atom. The highest BCUT2D eigenvalue weighted by Crippen LogP contribution is 2.32. The molecule has 2 aliphatic rings. The fraction of sp³-hybridized carbons (Fsp3) is 0.467. The third-order valence-electron chi connectivity index (χ3n) is 7.40. The Bertz CT molecular complexity index is 1240. The van der Waals surface area contributed by atoms with E-state index in [4.69, 9.17) is 0 Å². The van der Waals surface area contributed by atoms with Gasteiger partial charge in [0.25, 0.3) is 0 Å². The molecular formula is C30H37N5O2S. The summed E-state index contributed by atoms with van der Waals surface area (Å²) in [4.78, 5) is 29.2. The molecule has 0 radical (unpaired) electrons. The zero-order chi connectivity index (χ0) is 26.5. The number of rotatable bonds is 10. The molecule has 1 saturated heterocycles. The summed E-state index contributed by atoms with van der Waals surface area (Å²) >= 11 is 1.70. The lowest BCUT2D eigenvalue weighted by atomic mass is 10.1.